The highest BCUT2D eigenvalue weighted by molar-refractivity contribution is 4.94. The van der Waals surface area contributed by atoms with E-state index in [-0.39, 0.29) is 0 Å². The van der Waals surface area contributed by atoms with Gasteiger partial charge in [-0.05, 0) is 17.7 Å². The highest BCUT2D eigenvalue weighted by Crippen LogP contribution is 1.82. The van der Waals surface area contributed by atoms with Crippen molar-refractivity contribution in [1.29, 1.82) is 0 Å². The van der Waals surface area contributed by atoms with E-state index in [0.717, 1.165) is 5.56 Å². The summed E-state index contributed by atoms with van der Waals surface area (Å²) < 4.78 is 0. The van der Waals surface area contributed by atoms with Crippen molar-refractivity contribution in [3.8, 4) is 0 Å². The second-order valence-electron chi connectivity index (χ2n) is 1.32. The summed E-state index contributed by atoms with van der Waals surface area (Å²) in [6.07, 6.45) is 3.32. The van der Waals surface area contributed by atoms with E-state index in [0.29, 0.717) is 0 Å². The molecule has 0 unspecified atom stereocenters. The summed E-state index contributed by atoms with van der Waals surface area (Å²) in [4.78, 5) is 0. The molecule has 0 aromatic carbocycles. The van der Waals surface area contributed by atoms with Crippen LogP contribution in [0, 0.1) is 6.92 Å². The maximum absolute atomic E-state index is 3.52. The van der Waals surface area contributed by atoms with E-state index in [1.807, 2.05) is 20.8 Å². The van der Waals surface area contributed by atoms with E-state index < -0.39 is 0 Å². The van der Waals surface area contributed by atoms with Crippen molar-refractivity contribution < 1.29 is 0 Å². The van der Waals surface area contributed by atoms with Crippen LogP contribution in [0.4, 0.5) is 0 Å². The second-order valence-corrected chi connectivity index (χ2v) is 1.32. The average molecular weight is 125 g/mol. The van der Waals surface area contributed by atoms with Crippen LogP contribution in [0.15, 0.2) is 12.4 Å². The van der Waals surface area contributed by atoms with Gasteiger partial charge in [-0.25, -0.2) is 0 Å². The van der Waals surface area contributed by atoms with Gasteiger partial charge in [-0.3, -0.25) is 0 Å². The smallest absolute Gasteiger partial charge is 0.0559 e. The molecule has 0 saturated carbocycles. The number of rotatable bonds is 0. The number of nitrogens with zero attached hydrogens (tertiary/aromatic N) is 3. The predicted molar refractivity (Wildman–Crippen MR) is 35.9 cm³/mol. The summed E-state index contributed by atoms with van der Waals surface area (Å²) in [6.45, 7) is 5.92. The number of aryl methyl sites for hydroxylation is 1. The first-order chi connectivity index (χ1) is 4.39. The Balaban J connectivity index is 0.000000291. The molecule has 0 aliphatic carbocycles. The first-order valence-corrected chi connectivity index (χ1v) is 2.99. The van der Waals surface area contributed by atoms with Gasteiger partial charge in [0.2, 0.25) is 0 Å². The lowest BCUT2D eigenvalue weighted by Gasteiger charge is -1.79. The molecular formula is C6H11N3. The van der Waals surface area contributed by atoms with Gasteiger partial charge >= 0.3 is 0 Å². The molecule has 1 aromatic heterocycles. The van der Waals surface area contributed by atoms with E-state index in [1.165, 1.54) is 0 Å². The predicted octanol–water partition coefficient (Wildman–Crippen LogP) is 1.21. The molecule has 0 N–H and O–H groups in total. The first kappa shape index (κ1) is 8.01. The molecule has 0 bridgehead atoms. The third-order valence-electron chi connectivity index (χ3n) is 0.626. The summed E-state index contributed by atoms with van der Waals surface area (Å²) in [5.41, 5.74) is 1.04. The van der Waals surface area contributed by atoms with Crippen LogP contribution in [0.25, 0.3) is 0 Å². The van der Waals surface area contributed by atoms with Crippen molar-refractivity contribution in [3.63, 3.8) is 0 Å². The molecule has 0 amide bonds. The summed E-state index contributed by atoms with van der Waals surface area (Å²) in [7, 11) is 0. The fourth-order valence-corrected chi connectivity index (χ4v) is 0.297. The molecule has 3 heteroatoms. The Bertz CT molecular complexity index is 138. The van der Waals surface area contributed by atoms with E-state index in [2.05, 4.69) is 15.4 Å². The third kappa shape index (κ3) is 3.58. The van der Waals surface area contributed by atoms with Crippen molar-refractivity contribution in [2.75, 3.05) is 0 Å². The number of hydrogen-bond acceptors (Lipinski definition) is 3. The van der Waals surface area contributed by atoms with Gasteiger partial charge in [0.1, 0.15) is 0 Å². The molecule has 0 aliphatic rings. The van der Waals surface area contributed by atoms with Gasteiger partial charge in [0.25, 0.3) is 0 Å². The minimum absolute atomic E-state index is 1.04. The minimum atomic E-state index is 1.04. The normalized spacial score (nSPS) is 7.44. The maximum Gasteiger partial charge on any atom is 0.0559 e. The molecule has 9 heavy (non-hydrogen) atoms. The van der Waals surface area contributed by atoms with Crippen LogP contribution in [0.1, 0.15) is 19.4 Å². The molecular weight excluding hydrogens is 114 g/mol. The van der Waals surface area contributed by atoms with Crippen molar-refractivity contribution >= 4 is 0 Å². The minimum Gasteiger partial charge on any atom is -0.138 e. The highest BCUT2D eigenvalue weighted by Gasteiger charge is 1.75. The van der Waals surface area contributed by atoms with E-state index in [1.54, 1.807) is 12.4 Å². The molecule has 50 valence electrons. The Labute approximate surface area is 55.1 Å². The summed E-state index contributed by atoms with van der Waals surface area (Å²) >= 11 is 0. The molecule has 0 atom stereocenters. The molecule has 0 aliphatic heterocycles. The first-order valence-electron chi connectivity index (χ1n) is 2.99. The fraction of sp³-hybridized carbons (Fsp3) is 0.500. The quantitative estimate of drug-likeness (QED) is 0.523. The molecule has 3 nitrogen and oxygen atoms in total. The summed E-state index contributed by atoms with van der Waals surface area (Å²) in [6, 6.07) is 0. The van der Waals surface area contributed by atoms with Crippen LogP contribution in [-0.4, -0.2) is 15.4 Å². The topological polar surface area (TPSA) is 38.7 Å². The van der Waals surface area contributed by atoms with Crippen LogP contribution in [0.2, 0.25) is 0 Å². The zero-order chi connectivity index (χ0) is 7.11. The SMILES string of the molecule is CC.Cc1cnnnc1. The van der Waals surface area contributed by atoms with Crippen LogP contribution in [-0.2, 0) is 0 Å². The van der Waals surface area contributed by atoms with E-state index >= 15 is 0 Å². The van der Waals surface area contributed by atoms with Crippen LogP contribution < -0.4 is 0 Å². The summed E-state index contributed by atoms with van der Waals surface area (Å²) in [5, 5.41) is 10.4. The Morgan fingerprint density at radius 3 is 1.78 bits per heavy atom. The van der Waals surface area contributed by atoms with Gasteiger partial charge in [-0.15, -0.1) is 10.2 Å². The highest BCUT2D eigenvalue weighted by atomic mass is 15.3. The van der Waals surface area contributed by atoms with Gasteiger partial charge in [0, 0.05) is 0 Å². The van der Waals surface area contributed by atoms with Crippen molar-refractivity contribution in [3.05, 3.63) is 18.0 Å². The standard InChI is InChI=1S/C4H5N3.C2H6/c1-4-2-5-7-6-3-4;1-2/h2-3H,1H3;1-2H3. The molecule has 0 spiro atoms. The monoisotopic (exact) mass is 125 g/mol. The lowest BCUT2D eigenvalue weighted by Crippen LogP contribution is -1.83. The molecule has 1 rings (SSSR count). The van der Waals surface area contributed by atoms with Crippen molar-refractivity contribution in [2.24, 2.45) is 0 Å². The Hall–Kier alpha value is -0.990. The second kappa shape index (κ2) is 5.15. The third-order valence-corrected chi connectivity index (χ3v) is 0.626. The average Bonchev–Trinajstić information content (AvgIpc) is 1.94. The zero-order valence-electron chi connectivity index (χ0n) is 6.00. The lowest BCUT2D eigenvalue weighted by atomic mass is 10.4. The van der Waals surface area contributed by atoms with Crippen molar-refractivity contribution in [1.82, 2.24) is 15.4 Å². The molecule has 0 fully saturated rings. The van der Waals surface area contributed by atoms with Crippen LogP contribution >= 0.6 is 0 Å². The van der Waals surface area contributed by atoms with Gasteiger partial charge in [0.05, 0.1) is 12.4 Å². The Morgan fingerprint density at radius 2 is 1.56 bits per heavy atom. The van der Waals surface area contributed by atoms with Gasteiger partial charge in [-0.1, -0.05) is 13.8 Å². The van der Waals surface area contributed by atoms with Crippen molar-refractivity contribution in [2.45, 2.75) is 20.8 Å². The molecule has 1 aromatic rings. The fourth-order valence-electron chi connectivity index (χ4n) is 0.297. The summed E-state index contributed by atoms with van der Waals surface area (Å²) in [5.74, 6) is 0. The van der Waals surface area contributed by atoms with Gasteiger partial charge in [-0.2, -0.15) is 0 Å². The van der Waals surface area contributed by atoms with Crippen LogP contribution in [0.3, 0.4) is 0 Å². The molecule has 0 saturated heterocycles. The van der Waals surface area contributed by atoms with E-state index in [4.69, 9.17) is 0 Å². The maximum atomic E-state index is 3.52. The molecule has 1 heterocycles. The number of aromatic nitrogens is 3. The lowest BCUT2D eigenvalue weighted by molar-refractivity contribution is 0.853. The number of hydrogen-bond donors (Lipinski definition) is 0. The van der Waals surface area contributed by atoms with Gasteiger partial charge in [0.15, 0.2) is 0 Å². The molecule has 0 radical (unpaired) electrons. The zero-order valence-corrected chi connectivity index (χ0v) is 6.00. The Morgan fingerprint density at radius 1 is 1.11 bits per heavy atom. The largest absolute Gasteiger partial charge is 0.138 e. The van der Waals surface area contributed by atoms with Crippen LogP contribution in [0.5, 0.6) is 0 Å². The van der Waals surface area contributed by atoms with Gasteiger partial charge < -0.3 is 0 Å². The Kier molecular flexibility index (Phi) is 4.59. The van der Waals surface area contributed by atoms with E-state index in [9.17, 15) is 0 Å².